The standard InChI is InChI=1S/C14H18N2O3/c17-12-4-1-10(2-5-12)7-8-15-14(19)11-3-6-13(18)16-9-11/h1-2,4-5,11,17H,3,6-9H2,(H,15,19)(H,16,18). The molecule has 1 aliphatic heterocycles. The summed E-state index contributed by atoms with van der Waals surface area (Å²) in [4.78, 5) is 22.8. The summed E-state index contributed by atoms with van der Waals surface area (Å²) in [5, 5.41) is 14.7. The molecule has 0 spiro atoms. The number of phenols is 1. The van der Waals surface area contributed by atoms with Gasteiger partial charge in [-0.15, -0.1) is 0 Å². The molecular weight excluding hydrogens is 244 g/mol. The van der Waals surface area contributed by atoms with Crippen LogP contribution in [0, 0.1) is 5.92 Å². The minimum Gasteiger partial charge on any atom is -0.508 e. The molecule has 5 nitrogen and oxygen atoms in total. The first kappa shape index (κ1) is 13.4. The van der Waals surface area contributed by atoms with Crippen LogP contribution in [0.15, 0.2) is 24.3 Å². The highest BCUT2D eigenvalue weighted by molar-refractivity contribution is 5.83. The number of piperidine rings is 1. The van der Waals surface area contributed by atoms with Crippen molar-refractivity contribution in [1.82, 2.24) is 10.6 Å². The summed E-state index contributed by atoms with van der Waals surface area (Å²) >= 11 is 0. The zero-order valence-corrected chi connectivity index (χ0v) is 10.7. The Morgan fingerprint density at radius 3 is 2.74 bits per heavy atom. The highest BCUT2D eigenvalue weighted by Gasteiger charge is 2.23. The van der Waals surface area contributed by atoms with Crippen molar-refractivity contribution in [3.63, 3.8) is 0 Å². The molecule has 0 aliphatic carbocycles. The van der Waals surface area contributed by atoms with Crippen LogP contribution in [0.25, 0.3) is 0 Å². The van der Waals surface area contributed by atoms with Gasteiger partial charge in [-0.2, -0.15) is 0 Å². The highest BCUT2D eigenvalue weighted by atomic mass is 16.3. The monoisotopic (exact) mass is 262 g/mol. The van der Waals surface area contributed by atoms with Gasteiger partial charge < -0.3 is 15.7 Å². The zero-order valence-electron chi connectivity index (χ0n) is 10.7. The normalized spacial score (nSPS) is 18.7. The van der Waals surface area contributed by atoms with E-state index in [9.17, 15) is 9.59 Å². The Morgan fingerprint density at radius 2 is 2.11 bits per heavy atom. The van der Waals surface area contributed by atoms with Crippen molar-refractivity contribution < 1.29 is 14.7 Å². The topological polar surface area (TPSA) is 78.4 Å². The van der Waals surface area contributed by atoms with Crippen molar-refractivity contribution in [3.8, 4) is 5.75 Å². The number of nitrogens with one attached hydrogen (secondary N) is 2. The predicted molar refractivity (Wildman–Crippen MR) is 70.6 cm³/mol. The van der Waals surface area contributed by atoms with Crippen LogP contribution in [-0.4, -0.2) is 30.0 Å². The second kappa shape index (κ2) is 6.22. The molecule has 2 amide bonds. The van der Waals surface area contributed by atoms with Crippen LogP contribution < -0.4 is 10.6 Å². The molecule has 1 aliphatic rings. The van der Waals surface area contributed by atoms with Crippen LogP contribution in [0.5, 0.6) is 5.75 Å². The van der Waals surface area contributed by atoms with Gasteiger partial charge in [-0.1, -0.05) is 12.1 Å². The average Bonchev–Trinajstić information content (AvgIpc) is 2.41. The van der Waals surface area contributed by atoms with E-state index < -0.39 is 0 Å². The Morgan fingerprint density at radius 1 is 1.37 bits per heavy atom. The van der Waals surface area contributed by atoms with Gasteiger partial charge in [0.15, 0.2) is 0 Å². The fourth-order valence-corrected chi connectivity index (χ4v) is 2.09. The van der Waals surface area contributed by atoms with E-state index in [0.29, 0.717) is 25.9 Å². The summed E-state index contributed by atoms with van der Waals surface area (Å²) < 4.78 is 0. The molecule has 5 heteroatoms. The molecule has 0 saturated carbocycles. The van der Waals surface area contributed by atoms with Gasteiger partial charge in [0.2, 0.25) is 11.8 Å². The van der Waals surface area contributed by atoms with Crippen LogP contribution in [0.4, 0.5) is 0 Å². The SMILES string of the molecule is O=C1CCC(C(=O)NCCc2ccc(O)cc2)CN1. The molecule has 3 N–H and O–H groups in total. The molecule has 2 rings (SSSR count). The lowest BCUT2D eigenvalue weighted by Gasteiger charge is -2.21. The average molecular weight is 262 g/mol. The molecule has 1 fully saturated rings. The first-order chi connectivity index (χ1) is 9.15. The molecule has 102 valence electrons. The molecule has 0 aromatic heterocycles. The Bertz CT molecular complexity index is 446. The van der Waals surface area contributed by atoms with Crippen molar-refractivity contribution >= 4 is 11.8 Å². The highest BCUT2D eigenvalue weighted by Crippen LogP contribution is 2.11. The molecule has 1 saturated heterocycles. The fourth-order valence-electron chi connectivity index (χ4n) is 2.09. The number of phenolic OH excluding ortho intramolecular Hbond substituents is 1. The Hall–Kier alpha value is -2.04. The van der Waals surface area contributed by atoms with Crippen LogP contribution in [0.2, 0.25) is 0 Å². The number of aromatic hydroxyl groups is 1. The smallest absolute Gasteiger partial charge is 0.224 e. The van der Waals surface area contributed by atoms with Gasteiger partial charge in [0.25, 0.3) is 0 Å². The number of rotatable bonds is 4. The lowest BCUT2D eigenvalue weighted by Crippen LogP contribution is -2.43. The van der Waals surface area contributed by atoms with E-state index in [1.165, 1.54) is 0 Å². The van der Waals surface area contributed by atoms with Gasteiger partial charge in [0.1, 0.15) is 5.75 Å². The van der Waals surface area contributed by atoms with Crippen molar-refractivity contribution in [2.24, 2.45) is 5.92 Å². The second-order valence-corrected chi connectivity index (χ2v) is 4.75. The van der Waals surface area contributed by atoms with Gasteiger partial charge in [-0.3, -0.25) is 9.59 Å². The summed E-state index contributed by atoms with van der Waals surface area (Å²) in [6, 6.07) is 6.94. The van der Waals surface area contributed by atoms with Crippen molar-refractivity contribution in [2.75, 3.05) is 13.1 Å². The Balaban J connectivity index is 1.72. The minimum absolute atomic E-state index is 0.00113. The number of benzene rings is 1. The molecular formula is C14H18N2O3. The number of hydrogen-bond acceptors (Lipinski definition) is 3. The Labute approximate surface area is 112 Å². The van der Waals surface area contributed by atoms with Crippen molar-refractivity contribution in [3.05, 3.63) is 29.8 Å². The first-order valence-corrected chi connectivity index (χ1v) is 6.47. The summed E-state index contributed by atoms with van der Waals surface area (Å²) in [5.41, 5.74) is 1.06. The largest absolute Gasteiger partial charge is 0.508 e. The predicted octanol–water partition coefficient (Wildman–Crippen LogP) is 0.577. The maximum absolute atomic E-state index is 11.8. The van der Waals surface area contributed by atoms with E-state index in [-0.39, 0.29) is 23.5 Å². The molecule has 1 heterocycles. The lowest BCUT2D eigenvalue weighted by molar-refractivity contribution is -0.128. The molecule has 1 aromatic carbocycles. The fraction of sp³-hybridized carbons (Fsp3) is 0.429. The molecule has 0 radical (unpaired) electrons. The second-order valence-electron chi connectivity index (χ2n) is 4.75. The molecule has 1 atom stereocenters. The van der Waals surface area contributed by atoms with Gasteiger partial charge in [-0.25, -0.2) is 0 Å². The van der Waals surface area contributed by atoms with E-state index >= 15 is 0 Å². The van der Waals surface area contributed by atoms with E-state index in [1.807, 2.05) is 12.1 Å². The minimum atomic E-state index is -0.113. The first-order valence-electron chi connectivity index (χ1n) is 6.47. The van der Waals surface area contributed by atoms with E-state index in [4.69, 9.17) is 5.11 Å². The van der Waals surface area contributed by atoms with Gasteiger partial charge >= 0.3 is 0 Å². The molecule has 19 heavy (non-hydrogen) atoms. The van der Waals surface area contributed by atoms with Crippen LogP contribution in [0.3, 0.4) is 0 Å². The van der Waals surface area contributed by atoms with Crippen LogP contribution in [-0.2, 0) is 16.0 Å². The van der Waals surface area contributed by atoms with Crippen molar-refractivity contribution in [2.45, 2.75) is 19.3 Å². The van der Waals surface area contributed by atoms with E-state index in [1.54, 1.807) is 12.1 Å². The summed E-state index contributed by atoms with van der Waals surface area (Å²) in [6.07, 6.45) is 1.78. The zero-order chi connectivity index (χ0) is 13.7. The Kier molecular flexibility index (Phi) is 4.39. The van der Waals surface area contributed by atoms with Gasteiger partial charge in [-0.05, 0) is 30.5 Å². The summed E-state index contributed by atoms with van der Waals surface area (Å²) in [5.74, 6) is 0.148. The van der Waals surface area contributed by atoms with E-state index in [2.05, 4.69) is 10.6 Å². The molecule has 1 unspecified atom stereocenters. The molecule has 1 aromatic rings. The van der Waals surface area contributed by atoms with E-state index in [0.717, 1.165) is 12.0 Å². The third-order valence-electron chi connectivity index (χ3n) is 3.29. The number of amides is 2. The van der Waals surface area contributed by atoms with Gasteiger partial charge in [0.05, 0.1) is 5.92 Å². The third-order valence-corrected chi connectivity index (χ3v) is 3.29. The van der Waals surface area contributed by atoms with Gasteiger partial charge in [0, 0.05) is 19.5 Å². The number of carbonyl (C=O) groups is 2. The summed E-state index contributed by atoms with van der Waals surface area (Å²) in [6.45, 7) is 0.998. The third kappa shape index (κ3) is 3.98. The van der Waals surface area contributed by atoms with Crippen LogP contribution >= 0.6 is 0 Å². The number of carbonyl (C=O) groups excluding carboxylic acids is 2. The maximum atomic E-state index is 11.8. The lowest BCUT2D eigenvalue weighted by atomic mass is 9.98. The maximum Gasteiger partial charge on any atom is 0.224 e. The quantitative estimate of drug-likeness (QED) is 0.742. The molecule has 0 bridgehead atoms. The van der Waals surface area contributed by atoms with Crippen LogP contribution in [0.1, 0.15) is 18.4 Å². The van der Waals surface area contributed by atoms with Crippen molar-refractivity contribution in [1.29, 1.82) is 0 Å². The summed E-state index contributed by atoms with van der Waals surface area (Å²) in [7, 11) is 0. The number of hydrogen-bond donors (Lipinski definition) is 3.